The number of benzene rings is 1. The van der Waals surface area contributed by atoms with Gasteiger partial charge in [-0.15, -0.1) is 0 Å². The molecule has 1 saturated heterocycles. The van der Waals surface area contributed by atoms with Gasteiger partial charge in [-0.2, -0.15) is 5.26 Å². The molecule has 3 rings (SSSR count). The molecule has 2 aliphatic rings. The first-order valence-electron chi connectivity index (χ1n) is 9.14. The lowest BCUT2D eigenvalue weighted by Gasteiger charge is -2.28. The molecule has 2 fully saturated rings. The fraction of sp³-hybridized carbons (Fsp3) is 0.500. The highest BCUT2D eigenvalue weighted by Gasteiger charge is 2.20. The Morgan fingerprint density at radius 3 is 2.56 bits per heavy atom. The van der Waals surface area contributed by atoms with E-state index in [4.69, 9.17) is 0 Å². The largest absolute Gasteiger partial charge is 0.371 e. The van der Waals surface area contributed by atoms with Gasteiger partial charge < -0.3 is 10.2 Å². The van der Waals surface area contributed by atoms with E-state index < -0.39 is 11.7 Å². The van der Waals surface area contributed by atoms with Crippen molar-refractivity contribution >= 4 is 17.7 Å². The van der Waals surface area contributed by atoms with E-state index in [1.54, 1.807) is 6.07 Å². The molecule has 1 aromatic rings. The molecule has 1 amide bonds. The average molecular weight is 341 g/mol. The minimum Gasteiger partial charge on any atom is -0.371 e. The van der Waals surface area contributed by atoms with Crippen LogP contribution in [0.4, 0.5) is 10.1 Å². The number of nitriles is 1. The summed E-state index contributed by atoms with van der Waals surface area (Å²) in [4.78, 5) is 14.4. The zero-order valence-corrected chi connectivity index (χ0v) is 14.4. The van der Waals surface area contributed by atoms with Gasteiger partial charge in [0.15, 0.2) is 0 Å². The Balaban J connectivity index is 1.73. The lowest BCUT2D eigenvalue weighted by molar-refractivity contribution is -0.117. The molecule has 0 radical (unpaired) electrons. The molecule has 0 unspecified atom stereocenters. The number of halogens is 1. The molecule has 25 heavy (non-hydrogen) atoms. The van der Waals surface area contributed by atoms with Crippen LogP contribution in [0.5, 0.6) is 0 Å². The first-order chi connectivity index (χ1) is 12.2. The fourth-order valence-corrected chi connectivity index (χ4v) is 3.62. The molecule has 0 aromatic heterocycles. The highest BCUT2D eigenvalue weighted by atomic mass is 19.1. The van der Waals surface area contributed by atoms with Gasteiger partial charge in [0.05, 0.1) is 0 Å². The van der Waals surface area contributed by atoms with Gasteiger partial charge in [0.25, 0.3) is 5.91 Å². The Kier molecular flexibility index (Phi) is 5.70. The van der Waals surface area contributed by atoms with Crippen LogP contribution < -0.4 is 10.2 Å². The molecule has 4 nitrogen and oxygen atoms in total. The smallest absolute Gasteiger partial charge is 0.262 e. The second kappa shape index (κ2) is 8.15. The Morgan fingerprint density at radius 2 is 1.92 bits per heavy atom. The number of carbonyl (C=O) groups excluding carboxylic acids is 1. The maximum atomic E-state index is 14.5. The van der Waals surface area contributed by atoms with Crippen molar-refractivity contribution in [3.8, 4) is 6.07 Å². The van der Waals surface area contributed by atoms with Crippen molar-refractivity contribution in [2.45, 2.75) is 51.0 Å². The van der Waals surface area contributed by atoms with Crippen LogP contribution in [0.2, 0.25) is 0 Å². The summed E-state index contributed by atoms with van der Waals surface area (Å²) in [7, 11) is 0. The van der Waals surface area contributed by atoms with Crippen LogP contribution in [-0.2, 0) is 4.79 Å². The molecule has 1 N–H and O–H groups in total. The second-order valence-electron chi connectivity index (χ2n) is 6.88. The van der Waals surface area contributed by atoms with Gasteiger partial charge in [-0.05, 0) is 56.4 Å². The summed E-state index contributed by atoms with van der Waals surface area (Å²) in [6.45, 7) is 1.89. The first kappa shape index (κ1) is 17.5. The van der Waals surface area contributed by atoms with E-state index in [1.165, 1.54) is 18.6 Å². The van der Waals surface area contributed by atoms with Crippen molar-refractivity contribution in [3.63, 3.8) is 0 Å². The number of hydrogen-bond acceptors (Lipinski definition) is 3. The third-order valence-electron chi connectivity index (χ3n) is 5.06. The predicted molar refractivity (Wildman–Crippen MR) is 96.5 cm³/mol. The fourth-order valence-electron chi connectivity index (χ4n) is 3.62. The van der Waals surface area contributed by atoms with E-state index >= 15 is 0 Å². The second-order valence-corrected chi connectivity index (χ2v) is 6.88. The minimum atomic E-state index is -0.408. The van der Waals surface area contributed by atoms with Crippen molar-refractivity contribution in [2.24, 2.45) is 0 Å². The molecular weight excluding hydrogens is 317 g/mol. The third-order valence-corrected chi connectivity index (χ3v) is 5.06. The van der Waals surface area contributed by atoms with Gasteiger partial charge in [0, 0.05) is 30.4 Å². The Morgan fingerprint density at radius 1 is 1.20 bits per heavy atom. The van der Waals surface area contributed by atoms with Gasteiger partial charge in [-0.25, -0.2) is 4.39 Å². The summed E-state index contributed by atoms with van der Waals surface area (Å²) in [6.07, 6.45) is 8.92. The molecular formula is C20H24FN3O. The summed E-state index contributed by atoms with van der Waals surface area (Å²) >= 11 is 0. The number of nitrogens with one attached hydrogen (secondary N) is 1. The van der Waals surface area contributed by atoms with E-state index in [-0.39, 0.29) is 17.2 Å². The normalized spacial score (nSPS) is 18.9. The van der Waals surface area contributed by atoms with E-state index in [9.17, 15) is 14.4 Å². The Labute approximate surface area is 148 Å². The summed E-state index contributed by atoms with van der Waals surface area (Å²) in [5, 5.41) is 12.1. The van der Waals surface area contributed by atoms with Gasteiger partial charge in [-0.3, -0.25) is 4.79 Å². The van der Waals surface area contributed by atoms with Gasteiger partial charge in [-0.1, -0.05) is 12.8 Å². The molecule has 132 valence electrons. The maximum Gasteiger partial charge on any atom is 0.262 e. The monoisotopic (exact) mass is 341 g/mol. The van der Waals surface area contributed by atoms with E-state index in [0.29, 0.717) is 0 Å². The van der Waals surface area contributed by atoms with Crippen molar-refractivity contribution in [1.82, 2.24) is 5.32 Å². The number of carbonyl (C=O) groups is 1. The molecule has 0 atom stereocenters. The van der Waals surface area contributed by atoms with E-state index in [1.807, 2.05) is 12.1 Å². The van der Waals surface area contributed by atoms with Gasteiger partial charge in [0.2, 0.25) is 0 Å². The molecule has 0 bridgehead atoms. The molecule has 1 saturated carbocycles. The molecule has 1 heterocycles. The van der Waals surface area contributed by atoms with E-state index in [2.05, 4.69) is 10.2 Å². The lowest BCUT2D eigenvalue weighted by Crippen LogP contribution is -2.33. The number of anilines is 1. The summed E-state index contributed by atoms with van der Waals surface area (Å²) in [5.41, 5.74) is 1.10. The summed E-state index contributed by atoms with van der Waals surface area (Å²) in [5.74, 6) is -0.807. The topological polar surface area (TPSA) is 56.1 Å². The Bertz CT molecular complexity index is 695. The van der Waals surface area contributed by atoms with Crippen molar-refractivity contribution < 1.29 is 9.18 Å². The highest BCUT2D eigenvalue weighted by Crippen LogP contribution is 2.24. The zero-order valence-electron chi connectivity index (χ0n) is 14.4. The lowest BCUT2D eigenvalue weighted by atomic mass is 10.1. The Hall–Kier alpha value is -2.35. The summed E-state index contributed by atoms with van der Waals surface area (Å²) in [6, 6.07) is 7.05. The number of amides is 1. The standard InChI is InChI=1S/C20H24FN3O/c21-19-13-18(24-10-4-1-5-11-24)9-8-15(19)12-16(14-22)20(25)23-17-6-2-3-7-17/h8-9,12-13,17H,1-7,10-11H2,(H,23,25)/b16-12-. The van der Waals surface area contributed by atoms with Crippen molar-refractivity contribution in [2.75, 3.05) is 18.0 Å². The van der Waals surface area contributed by atoms with E-state index in [0.717, 1.165) is 57.3 Å². The molecule has 5 heteroatoms. The van der Waals surface area contributed by atoms with Crippen LogP contribution in [0.3, 0.4) is 0 Å². The summed E-state index contributed by atoms with van der Waals surface area (Å²) < 4.78 is 14.5. The van der Waals surface area contributed by atoms with Crippen LogP contribution >= 0.6 is 0 Å². The first-order valence-corrected chi connectivity index (χ1v) is 9.14. The maximum absolute atomic E-state index is 14.5. The third kappa shape index (κ3) is 4.39. The molecule has 0 spiro atoms. The van der Waals surface area contributed by atoms with Crippen molar-refractivity contribution in [3.05, 3.63) is 35.2 Å². The van der Waals surface area contributed by atoms with Gasteiger partial charge in [0.1, 0.15) is 17.5 Å². The van der Waals surface area contributed by atoms with Gasteiger partial charge >= 0.3 is 0 Å². The number of piperidine rings is 1. The number of nitrogens with zero attached hydrogens (tertiary/aromatic N) is 2. The van der Waals surface area contributed by atoms with Crippen LogP contribution in [0.15, 0.2) is 23.8 Å². The number of hydrogen-bond donors (Lipinski definition) is 1. The molecule has 1 aliphatic heterocycles. The van der Waals surface area contributed by atoms with Crippen LogP contribution in [0, 0.1) is 17.1 Å². The van der Waals surface area contributed by atoms with Crippen LogP contribution in [-0.4, -0.2) is 25.0 Å². The quantitative estimate of drug-likeness (QED) is 0.670. The average Bonchev–Trinajstić information content (AvgIpc) is 3.14. The minimum absolute atomic E-state index is 0.0449. The highest BCUT2D eigenvalue weighted by molar-refractivity contribution is 6.01. The SMILES string of the molecule is N#C/C(=C/c1ccc(N2CCCCC2)cc1F)C(=O)NC1CCCC1. The van der Waals surface area contributed by atoms with Crippen LogP contribution in [0.1, 0.15) is 50.5 Å². The predicted octanol–water partition coefficient (Wildman–Crippen LogP) is 3.78. The van der Waals surface area contributed by atoms with Crippen molar-refractivity contribution in [1.29, 1.82) is 5.26 Å². The number of rotatable bonds is 4. The molecule has 1 aliphatic carbocycles. The van der Waals surface area contributed by atoms with Crippen LogP contribution in [0.25, 0.3) is 6.08 Å². The molecule has 1 aromatic carbocycles. The zero-order chi connectivity index (χ0) is 17.6.